The molecule has 1 unspecified atom stereocenters. The van der Waals surface area contributed by atoms with Crippen LogP contribution in [0.4, 0.5) is 8.78 Å². The van der Waals surface area contributed by atoms with Gasteiger partial charge in [0.15, 0.2) is 11.5 Å². The fourth-order valence-electron chi connectivity index (χ4n) is 2.40. The van der Waals surface area contributed by atoms with E-state index in [0.29, 0.717) is 13.0 Å². The zero-order valence-electron chi connectivity index (χ0n) is 13.3. The van der Waals surface area contributed by atoms with Gasteiger partial charge in [-0.25, -0.2) is 0 Å². The van der Waals surface area contributed by atoms with E-state index in [1.54, 1.807) is 24.0 Å². The van der Waals surface area contributed by atoms with E-state index >= 15 is 0 Å². The van der Waals surface area contributed by atoms with E-state index in [-0.39, 0.29) is 29.5 Å². The van der Waals surface area contributed by atoms with Crippen LogP contribution in [-0.4, -0.2) is 36.6 Å². The number of nitrogens with two attached hydrogens (primary N) is 1. The van der Waals surface area contributed by atoms with Crippen molar-refractivity contribution < 1.29 is 23.0 Å². The maximum atomic E-state index is 12.3. The minimum Gasteiger partial charge on any atom is -0.493 e. The average Bonchev–Trinajstić information content (AvgIpc) is 3.29. The summed E-state index contributed by atoms with van der Waals surface area (Å²) in [5.74, 6) is 0.207. The van der Waals surface area contributed by atoms with Gasteiger partial charge in [0.1, 0.15) is 0 Å². The minimum absolute atomic E-state index is 0.00868. The molecule has 0 bridgehead atoms. The third-order valence-electron chi connectivity index (χ3n) is 3.60. The van der Waals surface area contributed by atoms with Crippen molar-refractivity contribution in [2.45, 2.75) is 51.4 Å². The Morgan fingerprint density at radius 3 is 2.61 bits per heavy atom. The van der Waals surface area contributed by atoms with Gasteiger partial charge in [-0.3, -0.25) is 4.79 Å². The number of hydrogen-bond acceptors (Lipinski definition) is 4. The van der Waals surface area contributed by atoms with E-state index < -0.39 is 6.61 Å². The number of carbonyl (C=O) groups excluding carboxylic acids is 1. The third kappa shape index (κ3) is 5.06. The summed E-state index contributed by atoms with van der Waals surface area (Å²) in [4.78, 5) is 14.1. The summed E-state index contributed by atoms with van der Waals surface area (Å²) in [7, 11) is 1.39. The van der Waals surface area contributed by atoms with Gasteiger partial charge in [0.2, 0.25) is 5.91 Å². The fourth-order valence-corrected chi connectivity index (χ4v) is 2.40. The maximum Gasteiger partial charge on any atom is 0.387 e. The summed E-state index contributed by atoms with van der Waals surface area (Å²) in [6.45, 7) is -0.713. The van der Waals surface area contributed by atoms with Gasteiger partial charge in [-0.15, -0.1) is 0 Å². The highest BCUT2D eigenvalue weighted by Crippen LogP contribution is 2.33. The Bertz CT molecular complexity index is 548. The van der Waals surface area contributed by atoms with Crippen LogP contribution in [0.5, 0.6) is 11.5 Å². The van der Waals surface area contributed by atoms with Gasteiger partial charge in [0.05, 0.1) is 7.11 Å². The number of nitrogens with zero attached hydrogens (tertiary/aromatic N) is 1. The summed E-state index contributed by atoms with van der Waals surface area (Å²) in [5, 5.41) is 0. The molecule has 1 atom stereocenters. The molecule has 2 N–H and O–H groups in total. The van der Waals surface area contributed by atoms with Gasteiger partial charge >= 0.3 is 6.61 Å². The first kappa shape index (κ1) is 17.5. The van der Waals surface area contributed by atoms with Crippen LogP contribution in [0.15, 0.2) is 18.2 Å². The molecule has 1 aromatic carbocycles. The Morgan fingerprint density at radius 2 is 2.09 bits per heavy atom. The summed E-state index contributed by atoms with van der Waals surface area (Å²) in [6, 6.07) is 4.76. The predicted molar refractivity (Wildman–Crippen MR) is 81.5 cm³/mol. The monoisotopic (exact) mass is 328 g/mol. The second-order valence-electron chi connectivity index (χ2n) is 5.80. The molecule has 1 aliphatic carbocycles. The standard InChI is InChI=1S/C16H22F2N2O3/c1-10(19)7-15(21)20(12-4-5-12)9-11-3-6-13(23-16(17)18)14(8-11)22-2/h3,6,8,10,12,16H,4-5,7,9,19H2,1-2H3. The third-order valence-corrected chi connectivity index (χ3v) is 3.60. The number of rotatable bonds is 8. The summed E-state index contributed by atoms with van der Waals surface area (Å²) in [6.07, 6.45) is 2.25. The molecule has 0 radical (unpaired) electrons. The molecule has 0 saturated heterocycles. The lowest BCUT2D eigenvalue weighted by Crippen LogP contribution is -2.36. The molecule has 1 saturated carbocycles. The first-order valence-corrected chi connectivity index (χ1v) is 7.57. The fraction of sp³-hybridized carbons (Fsp3) is 0.562. The number of amides is 1. The Hall–Kier alpha value is -1.89. The molecule has 5 nitrogen and oxygen atoms in total. The highest BCUT2D eigenvalue weighted by atomic mass is 19.3. The van der Waals surface area contributed by atoms with Crippen LogP contribution in [0.3, 0.4) is 0 Å². The van der Waals surface area contributed by atoms with E-state index in [1.165, 1.54) is 13.2 Å². The zero-order chi connectivity index (χ0) is 17.0. The van der Waals surface area contributed by atoms with Crippen molar-refractivity contribution in [3.63, 3.8) is 0 Å². The van der Waals surface area contributed by atoms with Crippen LogP contribution >= 0.6 is 0 Å². The molecular weight excluding hydrogens is 306 g/mol. The second kappa shape index (κ2) is 7.59. The van der Waals surface area contributed by atoms with Crippen molar-refractivity contribution in [2.75, 3.05) is 7.11 Å². The van der Waals surface area contributed by atoms with Crippen LogP contribution in [0, 0.1) is 0 Å². The minimum atomic E-state index is -2.91. The van der Waals surface area contributed by atoms with Crippen molar-refractivity contribution in [2.24, 2.45) is 5.73 Å². The molecule has 1 aromatic rings. The van der Waals surface area contributed by atoms with Gasteiger partial charge in [-0.2, -0.15) is 8.78 Å². The smallest absolute Gasteiger partial charge is 0.387 e. The van der Waals surface area contributed by atoms with E-state index in [0.717, 1.165) is 18.4 Å². The molecule has 128 valence electrons. The molecule has 0 aromatic heterocycles. The molecule has 2 rings (SSSR count). The summed E-state index contributed by atoms with van der Waals surface area (Å²) < 4.78 is 34.2. The molecule has 1 fully saturated rings. The zero-order valence-corrected chi connectivity index (χ0v) is 13.3. The molecule has 1 amide bonds. The van der Waals surface area contributed by atoms with Crippen molar-refractivity contribution in [1.82, 2.24) is 4.90 Å². The van der Waals surface area contributed by atoms with Crippen LogP contribution in [0.1, 0.15) is 31.7 Å². The lowest BCUT2D eigenvalue weighted by atomic mass is 10.1. The van der Waals surface area contributed by atoms with Crippen molar-refractivity contribution >= 4 is 5.91 Å². The Balaban J connectivity index is 2.12. The van der Waals surface area contributed by atoms with Crippen LogP contribution in [0.25, 0.3) is 0 Å². The van der Waals surface area contributed by atoms with E-state index in [4.69, 9.17) is 10.5 Å². The molecule has 1 aliphatic rings. The van der Waals surface area contributed by atoms with Crippen molar-refractivity contribution in [3.8, 4) is 11.5 Å². The quantitative estimate of drug-likeness (QED) is 0.796. The van der Waals surface area contributed by atoms with Gasteiger partial charge in [-0.05, 0) is 37.5 Å². The molecule has 0 aliphatic heterocycles. The van der Waals surface area contributed by atoms with Crippen LogP contribution < -0.4 is 15.2 Å². The first-order chi connectivity index (χ1) is 10.9. The first-order valence-electron chi connectivity index (χ1n) is 7.57. The largest absolute Gasteiger partial charge is 0.493 e. The van der Waals surface area contributed by atoms with E-state index in [2.05, 4.69) is 4.74 Å². The van der Waals surface area contributed by atoms with Crippen molar-refractivity contribution in [1.29, 1.82) is 0 Å². The number of ether oxygens (including phenoxy) is 2. The van der Waals surface area contributed by atoms with E-state index in [9.17, 15) is 13.6 Å². The Labute approximate surface area is 134 Å². The van der Waals surface area contributed by atoms with Gasteiger partial charge in [0, 0.05) is 25.0 Å². The molecule has 23 heavy (non-hydrogen) atoms. The molecule has 0 spiro atoms. The van der Waals surface area contributed by atoms with Gasteiger partial charge in [0.25, 0.3) is 0 Å². The van der Waals surface area contributed by atoms with Crippen LogP contribution in [-0.2, 0) is 11.3 Å². The highest BCUT2D eigenvalue weighted by Gasteiger charge is 2.32. The number of halogens is 2. The maximum absolute atomic E-state index is 12.3. The van der Waals surface area contributed by atoms with E-state index in [1.807, 2.05) is 0 Å². The number of alkyl halides is 2. The normalized spacial score (nSPS) is 15.4. The highest BCUT2D eigenvalue weighted by molar-refractivity contribution is 5.77. The SMILES string of the molecule is COc1cc(CN(C(=O)CC(C)N)C2CC2)ccc1OC(F)F. The second-order valence-corrected chi connectivity index (χ2v) is 5.80. The topological polar surface area (TPSA) is 64.8 Å². The summed E-state index contributed by atoms with van der Waals surface area (Å²) >= 11 is 0. The number of benzene rings is 1. The number of carbonyl (C=O) groups is 1. The molecule has 7 heteroatoms. The predicted octanol–water partition coefficient (Wildman–Crippen LogP) is 2.52. The number of hydrogen-bond donors (Lipinski definition) is 1. The molecule has 0 heterocycles. The van der Waals surface area contributed by atoms with Crippen LogP contribution in [0.2, 0.25) is 0 Å². The Kier molecular flexibility index (Phi) is 5.76. The number of methoxy groups -OCH3 is 1. The van der Waals surface area contributed by atoms with Gasteiger partial charge < -0.3 is 20.1 Å². The average molecular weight is 328 g/mol. The summed E-state index contributed by atoms with van der Waals surface area (Å²) in [5.41, 5.74) is 6.50. The Morgan fingerprint density at radius 1 is 1.39 bits per heavy atom. The van der Waals surface area contributed by atoms with Crippen molar-refractivity contribution in [3.05, 3.63) is 23.8 Å². The lowest BCUT2D eigenvalue weighted by molar-refractivity contribution is -0.132. The van der Waals surface area contributed by atoms with Gasteiger partial charge in [-0.1, -0.05) is 6.07 Å². The molecular formula is C16H22F2N2O3. The lowest BCUT2D eigenvalue weighted by Gasteiger charge is -2.24.